The van der Waals surface area contributed by atoms with E-state index in [1.54, 1.807) is 23.2 Å². The number of hydrogen-bond donors (Lipinski definition) is 4. The number of likely N-dealkylation sites (tertiary alicyclic amines) is 2. The first-order chi connectivity index (χ1) is 31.5. The van der Waals surface area contributed by atoms with Crippen LogP contribution in [0, 0.1) is 5.92 Å². The molecule has 16 nitrogen and oxygen atoms in total. The van der Waals surface area contributed by atoms with Crippen LogP contribution >= 0.6 is 0 Å². The van der Waals surface area contributed by atoms with Crippen molar-refractivity contribution in [3.8, 4) is 33.6 Å². The highest BCUT2D eigenvalue weighted by Gasteiger charge is 2.52. The van der Waals surface area contributed by atoms with Gasteiger partial charge in [0.2, 0.25) is 5.91 Å². The molecule has 3 saturated heterocycles. The number of nitrogens with one attached hydrogen (secondary N) is 4. The first-order valence-corrected chi connectivity index (χ1v) is 21.9. The molecule has 4 atom stereocenters. The van der Waals surface area contributed by atoms with E-state index in [4.69, 9.17) is 28.9 Å². The quantitative estimate of drug-likeness (QED) is 0.102. The first kappa shape index (κ1) is 43.2. The van der Waals surface area contributed by atoms with Crippen LogP contribution in [0.25, 0.3) is 44.4 Å². The van der Waals surface area contributed by atoms with Crippen LogP contribution < -0.4 is 10.6 Å². The molecule has 3 aliphatic heterocycles. The van der Waals surface area contributed by atoms with Gasteiger partial charge in [-0.1, -0.05) is 92.7 Å². The van der Waals surface area contributed by atoms with Crippen LogP contribution in [0.3, 0.4) is 0 Å². The molecular formula is C49H52N8O8. The molecule has 0 aliphatic carbocycles. The summed E-state index contributed by atoms with van der Waals surface area (Å²) in [5, 5.41) is 7.57. The third-order valence-corrected chi connectivity index (χ3v) is 12.6. The van der Waals surface area contributed by atoms with Gasteiger partial charge in [0.1, 0.15) is 23.7 Å². The molecule has 336 valence electrons. The van der Waals surface area contributed by atoms with Crippen molar-refractivity contribution in [2.75, 3.05) is 40.5 Å². The summed E-state index contributed by atoms with van der Waals surface area (Å²) in [6, 6.07) is 27.6. The molecule has 65 heavy (non-hydrogen) atoms. The maximum Gasteiger partial charge on any atom is 0.407 e. The number of methoxy groups -OCH3 is 2. The van der Waals surface area contributed by atoms with Crippen molar-refractivity contribution in [2.24, 2.45) is 5.92 Å². The Morgan fingerprint density at radius 2 is 1.29 bits per heavy atom. The maximum absolute atomic E-state index is 14.3. The SMILES string of the molecule is COC(=O)NC(C(=O)N1CCC[C@H]1c1ncc(-c2ccc3cc(-c4ccc(-c5cnc([C@@H]6CC7(CN6C(=O)[C@H](NC(=O)OC)c6ccccc6)OCCO7)[nH]5)cc4)ccc3c2)[nH]1)C(C)C. The number of amides is 4. The number of carbonyl (C=O) groups excluding carboxylic acids is 4. The van der Waals surface area contributed by atoms with E-state index in [1.165, 1.54) is 14.2 Å². The number of benzene rings is 4. The standard InChI is InChI=1S/C49H52N8O8/c1-29(2)41(54-47(60)62-3)45(58)56-20-8-11-39(56)43-50-27-38(53-43)36-19-18-34-23-33(16-17-35(34)24-36)30-12-14-31(15-13-30)37-26-51-44(52-37)40-25-49(64-21-22-65-49)28-57(40)46(59)42(55-48(61)63-4)32-9-6-5-7-10-32/h5-7,9-10,12-19,23-24,26-27,29,39-42H,8,11,20-22,25,28H2,1-4H3,(H,50,53)(H,51,52)(H,54,60)(H,55,61)/t39-,40-,41?,42+/m0/s1. The molecule has 1 spiro atoms. The second-order valence-corrected chi connectivity index (χ2v) is 17.0. The highest BCUT2D eigenvalue weighted by atomic mass is 16.7. The van der Waals surface area contributed by atoms with Gasteiger partial charge in [-0.3, -0.25) is 9.59 Å². The van der Waals surface area contributed by atoms with E-state index in [1.807, 2.05) is 55.3 Å². The van der Waals surface area contributed by atoms with Crippen molar-refractivity contribution < 1.29 is 38.1 Å². The number of imidazole rings is 2. The van der Waals surface area contributed by atoms with E-state index in [-0.39, 0.29) is 30.3 Å². The van der Waals surface area contributed by atoms with Crippen molar-refractivity contribution in [3.05, 3.63) is 121 Å². The summed E-state index contributed by atoms with van der Waals surface area (Å²) in [6.07, 6.45) is 4.22. The van der Waals surface area contributed by atoms with Crippen molar-refractivity contribution in [1.82, 2.24) is 40.4 Å². The molecule has 1 unspecified atom stereocenters. The lowest BCUT2D eigenvalue weighted by molar-refractivity contribution is -0.153. The van der Waals surface area contributed by atoms with E-state index in [0.717, 1.165) is 63.1 Å². The number of rotatable bonds is 11. The fourth-order valence-electron chi connectivity index (χ4n) is 9.23. The number of fused-ring (bicyclic) bond motifs is 1. The second kappa shape index (κ2) is 18.2. The van der Waals surface area contributed by atoms with Crippen LogP contribution in [-0.2, 0) is 28.5 Å². The van der Waals surface area contributed by atoms with Crippen molar-refractivity contribution >= 4 is 34.8 Å². The first-order valence-electron chi connectivity index (χ1n) is 21.9. The van der Waals surface area contributed by atoms with E-state index in [2.05, 4.69) is 69.1 Å². The van der Waals surface area contributed by atoms with Gasteiger partial charge < -0.3 is 49.3 Å². The average Bonchev–Trinajstić information content (AvgIpc) is 4.21. The molecule has 2 aromatic heterocycles. The van der Waals surface area contributed by atoms with Crippen molar-refractivity contribution in [3.63, 3.8) is 0 Å². The van der Waals surface area contributed by atoms with E-state index in [0.29, 0.717) is 37.6 Å². The normalized spacial score (nSPS) is 18.8. The molecule has 4 N–H and O–H groups in total. The van der Waals surface area contributed by atoms with Gasteiger partial charge in [-0.2, -0.15) is 0 Å². The fraction of sp³-hybridized carbons (Fsp3) is 0.347. The van der Waals surface area contributed by atoms with Gasteiger partial charge in [0.05, 0.1) is 69.8 Å². The Kier molecular flexibility index (Phi) is 12.1. The summed E-state index contributed by atoms with van der Waals surface area (Å²) < 4.78 is 21.8. The summed E-state index contributed by atoms with van der Waals surface area (Å²) in [5.41, 5.74) is 6.28. The fourth-order valence-corrected chi connectivity index (χ4v) is 9.23. The molecule has 3 aliphatic rings. The minimum atomic E-state index is -0.997. The molecule has 4 aromatic carbocycles. The largest absolute Gasteiger partial charge is 0.453 e. The smallest absolute Gasteiger partial charge is 0.407 e. The number of H-pyrrole nitrogens is 2. The maximum atomic E-state index is 14.3. The zero-order valence-corrected chi connectivity index (χ0v) is 36.7. The Balaban J connectivity index is 0.898. The third kappa shape index (κ3) is 8.78. The lowest BCUT2D eigenvalue weighted by atomic mass is 9.98. The Morgan fingerprint density at radius 1 is 0.708 bits per heavy atom. The Labute approximate surface area is 376 Å². The molecule has 9 rings (SSSR count). The van der Waals surface area contributed by atoms with Crippen molar-refractivity contribution in [1.29, 1.82) is 0 Å². The summed E-state index contributed by atoms with van der Waals surface area (Å²) in [4.78, 5) is 72.3. The van der Waals surface area contributed by atoms with Crippen molar-refractivity contribution in [2.45, 2.75) is 63.1 Å². The lowest BCUT2D eigenvalue weighted by Crippen LogP contribution is -2.51. The number of hydrogen-bond acceptors (Lipinski definition) is 10. The van der Waals surface area contributed by atoms with Gasteiger partial charge in [0, 0.05) is 18.5 Å². The molecule has 6 aromatic rings. The van der Waals surface area contributed by atoms with Gasteiger partial charge in [0.15, 0.2) is 5.79 Å². The number of alkyl carbamates (subject to hydrolysis) is 2. The molecular weight excluding hydrogens is 829 g/mol. The van der Waals surface area contributed by atoms with Gasteiger partial charge in [-0.25, -0.2) is 19.6 Å². The molecule has 3 fully saturated rings. The van der Waals surface area contributed by atoms with Gasteiger partial charge in [-0.05, 0) is 63.9 Å². The van der Waals surface area contributed by atoms with E-state index >= 15 is 0 Å². The molecule has 16 heteroatoms. The third-order valence-electron chi connectivity index (χ3n) is 12.6. The van der Waals surface area contributed by atoms with Crippen LogP contribution in [0.4, 0.5) is 9.59 Å². The number of aromatic amines is 2. The lowest BCUT2D eigenvalue weighted by Gasteiger charge is -2.30. The Morgan fingerprint density at radius 3 is 1.95 bits per heavy atom. The molecule has 5 heterocycles. The second-order valence-electron chi connectivity index (χ2n) is 17.0. The van der Waals surface area contributed by atoms with Crippen LogP contribution in [0.1, 0.15) is 68.4 Å². The van der Waals surface area contributed by atoms with Crippen LogP contribution in [0.15, 0.2) is 103 Å². The van der Waals surface area contributed by atoms with Gasteiger partial charge in [0.25, 0.3) is 5.91 Å². The molecule has 0 radical (unpaired) electrons. The van der Waals surface area contributed by atoms with Gasteiger partial charge >= 0.3 is 12.2 Å². The van der Waals surface area contributed by atoms with Gasteiger partial charge in [-0.15, -0.1) is 0 Å². The minimum Gasteiger partial charge on any atom is -0.453 e. The number of carbonyl (C=O) groups is 4. The Bertz CT molecular complexity index is 2690. The zero-order valence-electron chi connectivity index (χ0n) is 36.7. The summed E-state index contributed by atoms with van der Waals surface area (Å²) >= 11 is 0. The number of aromatic nitrogens is 4. The topological polar surface area (TPSA) is 193 Å². The Hall–Kier alpha value is -7.04. The van der Waals surface area contributed by atoms with Crippen LogP contribution in [0.5, 0.6) is 0 Å². The molecule has 0 saturated carbocycles. The predicted molar refractivity (Wildman–Crippen MR) is 241 cm³/mol. The number of ether oxygens (including phenoxy) is 4. The summed E-state index contributed by atoms with van der Waals surface area (Å²) in [5.74, 6) is -0.268. The molecule has 4 amide bonds. The van der Waals surface area contributed by atoms with E-state index in [9.17, 15) is 19.2 Å². The van der Waals surface area contributed by atoms with Crippen LogP contribution in [-0.4, -0.2) is 106 Å². The summed E-state index contributed by atoms with van der Waals surface area (Å²) in [6.45, 7) is 5.40. The minimum absolute atomic E-state index is 0.115. The highest BCUT2D eigenvalue weighted by Crippen LogP contribution is 2.43. The zero-order chi connectivity index (χ0) is 45.2. The monoisotopic (exact) mass is 880 g/mol. The van der Waals surface area contributed by atoms with Crippen LogP contribution in [0.2, 0.25) is 0 Å². The summed E-state index contributed by atoms with van der Waals surface area (Å²) in [7, 11) is 2.55. The predicted octanol–water partition coefficient (Wildman–Crippen LogP) is 7.44. The van der Waals surface area contributed by atoms with E-state index < -0.39 is 36.1 Å². The molecule has 0 bridgehead atoms. The average molecular weight is 881 g/mol. The highest BCUT2D eigenvalue weighted by molar-refractivity contribution is 5.91. The number of nitrogens with zero attached hydrogens (tertiary/aromatic N) is 4.